The van der Waals surface area contributed by atoms with Crippen LogP contribution in [0.2, 0.25) is 0 Å². The van der Waals surface area contributed by atoms with Gasteiger partial charge in [0.2, 0.25) is 0 Å². The summed E-state index contributed by atoms with van der Waals surface area (Å²) >= 11 is 3.44. The Morgan fingerprint density at radius 2 is 2.13 bits per heavy atom. The molecule has 0 saturated carbocycles. The zero-order chi connectivity index (χ0) is 11.2. The van der Waals surface area contributed by atoms with E-state index in [9.17, 15) is 5.11 Å². The molecule has 0 aromatic heterocycles. The third-order valence-corrected chi connectivity index (χ3v) is 3.73. The number of hydrogen-bond donors (Lipinski definition) is 2. The molecular weight excluding hydrogens is 254 g/mol. The van der Waals surface area contributed by atoms with Crippen molar-refractivity contribution in [2.75, 3.05) is 0 Å². The first-order valence-corrected chi connectivity index (χ1v) is 5.95. The summed E-state index contributed by atoms with van der Waals surface area (Å²) in [6.07, 6.45) is 0.282. The van der Waals surface area contributed by atoms with Gasteiger partial charge in [0, 0.05) is 4.47 Å². The van der Waals surface area contributed by atoms with Crippen molar-refractivity contribution in [2.24, 2.45) is 5.73 Å². The summed E-state index contributed by atoms with van der Waals surface area (Å²) in [5.41, 5.74) is 8.33. The fraction of sp³-hybridized carbons (Fsp3) is 0.500. The predicted molar refractivity (Wildman–Crippen MR) is 64.7 cm³/mol. The Bertz CT molecular complexity index is 389. The van der Waals surface area contributed by atoms with E-state index in [1.54, 1.807) is 0 Å². The van der Waals surface area contributed by atoms with E-state index >= 15 is 0 Å². The van der Waals surface area contributed by atoms with Crippen LogP contribution >= 0.6 is 15.9 Å². The van der Waals surface area contributed by atoms with E-state index in [-0.39, 0.29) is 11.5 Å². The van der Waals surface area contributed by atoms with E-state index in [2.05, 4.69) is 35.8 Å². The van der Waals surface area contributed by atoms with Gasteiger partial charge in [0.25, 0.3) is 0 Å². The number of aliphatic hydroxyl groups excluding tert-OH is 1. The van der Waals surface area contributed by atoms with Crippen LogP contribution in [0.4, 0.5) is 0 Å². The lowest BCUT2D eigenvalue weighted by molar-refractivity contribution is 0.0994. The molecule has 0 radical (unpaired) electrons. The SMILES string of the molecule is CC1(C)C[C@@H](O)C(N)c2cc(Br)ccc21. The summed E-state index contributed by atoms with van der Waals surface area (Å²) < 4.78 is 1.02. The summed E-state index contributed by atoms with van der Waals surface area (Å²) in [6.45, 7) is 4.30. The van der Waals surface area contributed by atoms with Gasteiger partial charge in [0.05, 0.1) is 12.1 Å². The fourth-order valence-electron chi connectivity index (χ4n) is 2.39. The quantitative estimate of drug-likeness (QED) is 0.760. The Hall–Kier alpha value is -0.380. The zero-order valence-electron chi connectivity index (χ0n) is 9.00. The summed E-state index contributed by atoms with van der Waals surface area (Å²) in [7, 11) is 0. The van der Waals surface area contributed by atoms with E-state index in [0.29, 0.717) is 0 Å². The molecule has 2 rings (SSSR count). The number of benzene rings is 1. The molecule has 3 heteroatoms. The number of aliphatic hydroxyl groups is 1. The minimum atomic E-state index is -0.443. The number of hydrogen-bond acceptors (Lipinski definition) is 2. The first-order chi connectivity index (χ1) is 6.92. The van der Waals surface area contributed by atoms with Crippen molar-refractivity contribution < 1.29 is 5.11 Å². The van der Waals surface area contributed by atoms with Crippen LogP contribution in [0, 0.1) is 0 Å². The first-order valence-electron chi connectivity index (χ1n) is 5.15. The molecule has 0 saturated heterocycles. The maximum Gasteiger partial charge on any atom is 0.0741 e. The molecule has 15 heavy (non-hydrogen) atoms. The molecule has 0 amide bonds. The highest BCUT2D eigenvalue weighted by Crippen LogP contribution is 2.41. The minimum absolute atomic E-state index is 0.00528. The van der Waals surface area contributed by atoms with E-state index in [1.807, 2.05) is 12.1 Å². The lowest BCUT2D eigenvalue weighted by Crippen LogP contribution is -2.39. The number of rotatable bonds is 0. The van der Waals surface area contributed by atoms with Crippen molar-refractivity contribution in [3.05, 3.63) is 33.8 Å². The second kappa shape index (κ2) is 3.58. The van der Waals surface area contributed by atoms with E-state index < -0.39 is 6.10 Å². The molecule has 82 valence electrons. The van der Waals surface area contributed by atoms with Crippen LogP contribution in [0.15, 0.2) is 22.7 Å². The molecule has 2 nitrogen and oxygen atoms in total. The van der Waals surface area contributed by atoms with Crippen LogP contribution < -0.4 is 5.73 Å². The van der Waals surface area contributed by atoms with Crippen molar-refractivity contribution in [3.8, 4) is 0 Å². The van der Waals surface area contributed by atoms with Gasteiger partial charge in [-0.3, -0.25) is 0 Å². The third kappa shape index (κ3) is 1.84. The molecule has 1 aromatic carbocycles. The van der Waals surface area contributed by atoms with Crippen molar-refractivity contribution in [2.45, 2.75) is 37.8 Å². The molecule has 1 unspecified atom stereocenters. The van der Waals surface area contributed by atoms with Crippen molar-refractivity contribution >= 4 is 15.9 Å². The topological polar surface area (TPSA) is 46.2 Å². The summed E-state index contributed by atoms with van der Waals surface area (Å²) in [6, 6.07) is 5.89. The average molecular weight is 270 g/mol. The molecule has 1 aromatic rings. The predicted octanol–water partition coefficient (Wildman–Crippen LogP) is 2.49. The average Bonchev–Trinajstić information content (AvgIpc) is 2.13. The molecule has 0 heterocycles. The maximum atomic E-state index is 9.91. The highest BCUT2D eigenvalue weighted by atomic mass is 79.9. The first kappa shape index (κ1) is 11.1. The second-order valence-electron chi connectivity index (χ2n) is 4.91. The molecule has 1 aliphatic rings. The van der Waals surface area contributed by atoms with Crippen LogP contribution in [-0.2, 0) is 5.41 Å². The van der Waals surface area contributed by atoms with Gasteiger partial charge in [0.15, 0.2) is 0 Å². The Morgan fingerprint density at radius 1 is 1.47 bits per heavy atom. The molecular formula is C12H16BrNO. The van der Waals surface area contributed by atoms with Crippen LogP contribution in [0.1, 0.15) is 37.4 Å². The highest BCUT2D eigenvalue weighted by Gasteiger charge is 2.36. The summed E-state index contributed by atoms with van der Waals surface area (Å²) in [5, 5.41) is 9.91. The lowest BCUT2D eigenvalue weighted by atomic mass is 9.70. The van der Waals surface area contributed by atoms with Gasteiger partial charge in [-0.1, -0.05) is 35.8 Å². The van der Waals surface area contributed by atoms with Gasteiger partial charge in [0.1, 0.15) is 0 Å². The Balaban J connectivity index is 2.59. The number of nitrogens with two attached hydrogens (primary N) is 1. The van der Waals surface area contributed by atoms with Gasteiger partial charge in [-0.15, -0.1) is 0 Å². The smallest absolute Gasteiger partial charge is 0.0741 e. The van der Waals surface area contributed by atoms with Crippen LogP contribution in [0.25, 0.3) is 0 Å². The van der Waals surface area contributed by atoms with Gasteiger partial charge >= 0.3 is 0 Å². The van der Waals surface area contributed by atoms with E-state index in [1.165, 1.54) is 5.56 Å². The van der Waals surface area contributed by atoms with Gasteiger partial charge in [-0.2, -0.15) is 0 Å². The number of fused-ring (bicyclic) bond motifs is 1. The normalized spacial score (nSPS) is 28.6. The Kier molecular flexibility index (Phi) is 2.65. The lowest BCUT2D eigenvalue weighted by Gasteiger charge is -2.39. The third-order valence-electron chi connectivity index (χ3n) is 3.24. The standard InChI is InChI=1S/C12H16BrNO/c1-12(2)6-10(15)11(14)8-5-7(13)3-4-9(8)12/h3-5,10-11,15H,6,14H2,1-2H3/t10-,11?/m1/s1. The van der Waals surface area contributed by atoms with Gasteiger partial charge < -0.3 is 10.8 Å². The second-order valence-corrected chi connectivity index (χ2v) is 5.83. The Morgan fingerprint density at radius 3 is 2.80 bits per heavy atom. The Labute approximate surface area is 98.6 Å². The molecule has 1 aliphatic carbocycles. The van der Waals surface area contributed by atoms with Gasteiger partial charge in [-0.05, 0) is 35.1 Å². The molecule has 0 bridgehead atoms. The fourth-order valence-corrected chi connectivity index (χ4v) is 2.77. The summed E-state index contributed by atoms with van der Waals surface area (Å²) in [5.74, 6) is 0. The highest BCUT2D eigenvalue weighted by molar-refractivity contribution is 9.10. The molecule has 0 fully saturated rings. The summed E-state index contributed by atoms with van der Waals surface area (Å²) in [4.78, 5) is 0. The minimum Gasteiger partial charge on any atom is -0.391 e. The van der Waals surface area contributed by atoms with Crippen LogP contribution in [0.5, 0.6) is 0 Å². The maximum absolute atomic E-state index is 9.91. The molecule has 3 N–H and O–H groups in total. The van der Waals surface area contributed by atoms with E-state index in [4.69, 9.17) is 5.73 Å². The monoisotopic (exact) mass is 269 g/mol. The van der Waals surface area contributed by atoms with Crippen LogP contribution in [0.3, 0.4) is 0 Å². The number of halogens is 1. The van der Waals surface area contributed by atoms with Crippen LogP contribution in [-0.4, -0.2) is 11.2 Å². The van der Waals surface area contributed by atoms with Crippen molar-refractivity contribution in [3.63, 3.8) is 0 Å². The molecule has 0 spiro atoms. The van der Waals surface area contributed by atoms with E-state index in [0.717, 1.165) is 16.5 Å². The molecule has 0 aliphatic heterocycles. The van der Waals surface area contributed by atoms with Gasteiger partial charge in [-0.25, -0.2) is 0 Å². The molecule has 2 atom stereocenters. The largest absolute Gasteiger partial charge is 0.391 e. The van der Waals surface area contributed by atoms with Crippen molar-refractivity contribution in [1.29, 1.82) is 0 Å². The zero-order valence-corrected chi connectivity index (χ0v) is 10.6. The van der Waals surface area contributed by atoms with Crippen molar-refractivity contribution in [1.82, 2.24) is 0 Å².